The number of nitrogens with one attached hydrogen (secondary N) is 1. The van der Waals surface area contributed by atoms with Crippen LogP contribution in [0.4, 0.5) is 5.82 Å². The minimum atomic E-state index is -0.335. The number of hydrogen-bond acceptors (Lipinski definition) is 4. The second kappa shape index (κ2) is 7.21. The van der Waals surface area contributed by atoms with Crippen molar-refractivity contribution in [1.82, 2.24) is 14.8 Å². The van der Waals surface area contributed by atoms with Gasteiger partial charge in [-0.05, 0) is 42.5 Å². The summed E-state index contributed by atoms with van der Waals surface area (Å²) in [7, 11) is 0. The van der Waals surface area contributed by atoms with Crippen molar-refractivity contribution in [3.63, 3.8) is 0 Å². The molecule has 1 aliphatic carbocycles. The Morgan fingerprint density at radius 2 is 1.94 bits per heavy atom. The third-order valence-electron chi connectivity index (χ3n) is 6.03. The summed E-state index contributed by atoms with van der Waals surface area (Å²) < 4.78 is 1.81. The van der Waals surface area contributed by atoms with Gasteiger partial charge in [-0.15, -0.1) is 0 Å². The Balaban J connectivity index is 1.80. The average Bonchev–Trinajstić information content (AvgIpc) is 3.05. The number of ketones is 1. The first-order valence-electron chi connectivity index (χ1n) is 10.2. The summed E-state index contributed by atoms with van der Waals surface area (Å²) >= 11 is 13.1. The fourth-order valence-electron chi connectivity index (χ4n) is 4.77. The second-order valence-electron chi connectivity index (χ2n) is 8.98. The van der Waals surface area contributed by atoms with Gasteiger partial charge in [0.1, 0.15) is 5.82 Å². The van der Waals surface area contributed by atoms with Gasteiger partial charge in [-0.1, -0.05) is 55.2 Å². The minimum absolute atomic E-state index is 0.131. The summed E-state index contributed by atoms with van der Waals surface area (Å²) in [5, 5.41) is 9.28. The largest absolute Gasteiger partial charge is 0.343 e. The molecule has 0 saturated carbocycles. The van der Waals surface area contributed by atoms with Crippen LogP contribution in [0.1, 0.15) is 49.4 Å². The number of rotatable bonds is 2. The molecular weight excluding hydrogens is 431 g/mol. The van der Waals surface area contributed by atoms with E-state index in [9.17, 15) is 4.79 Å². The van der Waals surface area contributed by atoms with Crippen LogP contribution in [0, 0.1) is 12.3 Å². The van der Waals surface area contributed by atoms with E-state index < -0.39 is 0 Å². The van der Waals surface area contributed by atoms with Crippen LogP contribution < -0.4 is 5.32 Å². The van der Waals surface area contributed by atoms with Crippen molar-refractivity contribution in [2.24, 2.45) is 5.41 Å². The van der Waals surface area contributed by atoms with Gasteiger partial charge in [0, 0.05) is 35.4 Å². The van der Waals surface area contributed by atoms with Crippen LogP contribution in [-0.2, 0) is 4.79 Å². The van der Waals surface area contributed by atoms with E-state index in [-0.39, 0.29) is 17.1 Å². The average molecular weight is 453 g/mol. The Bertz CT molecular complexity index is 1240. The number of nitrogens with zero attached hydrogens (tertiary/aromatic N) is 3. The normalized spacial score (nSPS) is 19.6. The van der Waals surface area contributed by atoms with E-state index in [4.69, 9.17) is 28.3 Å². The zero-order chi connectivity index (χ0) is 21.9. The molecule has 1 aromatic carbocycles. The molecule has 0 spiro atoms. The molecule has 3 aromatic rings. The van der Waals surface area contributed by atoms with Crippen LogP contribution in [0.5, 0.6) is 0 Å². The standard InChI is InChI=1S/C24H22Cl2N4O/c1-13-19-20(14-7-6-8-15(25)22(14)26)21-16(11-24(2,3)12-17(21)31)28-23(19)30(29-13)18-9-4-5-10-27-18/h4-10,20,28H,11-12H2,1-3H3. The number of carbonyl (C=O) groups is 1. The van der Waals surface area contributed by atoms with Crippen LogP contribution in [0.25, 0.3) is 5.82 Å². The van der Waals surface area contributed by atoms with Crippen molar-refractivity contribution in [3.8, 4) is 5.82 Å². The Morgan fingerprint density at radius 3 is 2.68 bits per heavy atom. The lowest BCUT2D eigenvalue weighted by molar-refractivity contribution is -0.118. The van der Waals surface area contributed by atoms with Crippen LogP contribution >= 0.6 is 23.2 Å². The number of fused-ring (bicyclic) bond motifs is 1. The molecule has 5 nitrogen and oxygen atoms in total. The molecule has 2 aliphatic rings. The summed E-state index contributed by atoms with van der Waals surface area (Å²) in [6, 6.07) is 11.3. The lowest BCUT2D eigenvalue weighted by Gasteiger charge is -2.39. The maximum Gasteiger partial charge on any atom is 0.162 e. The monoisotopic (exact) mass is 452 g/mol. The molecule has 5 rings (SSSR count). The van der Waals surface area contributed by atoms with E-state index in [1.165, 1.54) is 0 Å². The summed E-state index contributed by atoms with van der Waals surface area (Å²) in [5.41, 5.74) is 4.13. The van der Waals surface area contributed by atoms with Gasteiger partial charge in [0.2, 0.25) is 0 Å². The molecule has 0 radical (unpaired) electrons. The third kappa shape index (κ3) is 3.27. The predicted octanol–water partition coefficient (Wildman–Crippen LogP) is 6.08. The number of pyridine rings is 1. The van der Waals surface area contributed by atoms with Gasteiger partial charge >= 0.3 is 0 Å². The maximum absolute atomic E-state index is 13.4. The molecule has 3 heterocycles. The number of aryl methyl sites for hydroxylation is 1. The summed E-state index contributed by atoms with van der Waals surface area (Å²) in [4.78, 5) is 17.9. The van der Waals surface area contributed by atoms with E-state index in [0.29, 0.717) is 22.3 Å². The highest BCUT2D eigenvalue weighted by Crippen LogP contribution is 2.51. The SMILES string of the molecule is Cc1nn(-c2ccccn2)c2c1C(c1cccc(Cl)c1Cl)C1=C(CC(C)(C)CC1=O)N2. The molecule has 0 fully saturated rings. The molecule has 1 aliphatic heterocycles. The molecule has 1 unspecified atom stereocenters. The third-order valence-corrected chi connectivity index (χ3v) is 6.87. The van der Waals surface area contributed by atoms with Gasteiger partial charge < -0.3 is 5.32 Å². The van der Waals surface area contributed by atoms with Crippen LogP contribution in [-0.4, -0.2) is 20.5 Å². The van der Waals surface area contributed by atoms with E-state index in [1.807, 2.05) is 41.9 Å². The maximum atomic E-state index is 13.4. The molecule has 7 heteroatoms. The number of hydrogen-bond donors (Lipinski definition) is 1. The van der Waals surface area contributed by atoms with Gasteiger partial charge in [0.25, 0.3) is 0 Å². The fraction of sp³-hybridized carbons (Fsp3) is 0.292. The van der Waals surface area contributed by atoms with Gasteiger partial charge in [0.05, 0.1) is 15.7 Å². The van der Waals surface area contributed by atoms with Crippen molar-refractivity contribution in [2.75, 3.05) is 5.32 Å². The Hall–Kier alpha value is -2.63. The Kier molecular flexibility index (Phi) is 4.72. The van der Waals surface area contributed by atoms with Gasteiger partial charge in [-0.3, -0.25) is 4.79 Å². The topological polar surface area (TPSA) is 59.8 Å². The van der Waals surface area contributed by atoms with Crippen LogP contribution in [0.2, 0.25) is 10.0 Å². The number of anilines is 1. The highest BCUT2D eigenvalue weighted by molar-refractivity contribution is 6.42. The van der Waals surface area contributed by atoms with E-state index in [2.05, 4.69) is 24.1 Å². The molecule has 0 amide bonds. The molecule has 0 saturated heterocycles. The first-order chi connectivity index (χ1) is 14.8. The molecule has 0 bridgehead atoms. The molecule has 1 atom stereocenters. The van der Waals surface area contributed by atoms with E-state index >= 15 is 0 Å². The van der Waals surface area contributed by atoms with Crippen molar-refractivity contribution >= 4 is 34.8 Å². The van der Waals surface area contributed by atoms with Crippen LogP contribution in [0.3, 0.4) is 0 Å². The lowest BCUT2D eigenvalue weighted by Crippen LogP contribution is -2.34. The Labute approximate surface area is 191 Å². The van der Waals surface area contributed by atoms with Gasteiger partial charge in [0.15, 0.2) is 11.6 Å². The van der Waals surface area contributed by atoms with Crippen molar-refractivity contribution < 1.29 is 4.79 Å². The molecular formula is C24H22Cl2N4O. The van der Waals surface area contributed by atoms with Gasteiger partial charge in [-0.2, -0.15) is 9.78 Å². The zero-order valence-corrected chi connectivity index (χ0v) is 19.1. The minimum Gasteiger partial charge on any atom is -0.343 e. The van der Waals surface area contributed by atoms with Crippen molar-refractivity contribution in [3.05, 3.63) is 80.7 Å². The number of Topliss-reactive ketones (excluding diaryl/α,β-unsaturated/α-hetero) is 1. The number of aromatic nitrogens is 3. The number of benzene rings is 1. The smallest absolute Gasteiger partial charge is 0.162 e. The van der Waals surface area contributed by atoms with Crippen LogP contribution in [0.15, 0.2) is 53.9 Å². The fourth-order valence-corrected chi connectivity index (χ4v) is 5.19. The highest BCUT2D eigenvalue weighted by atomic mass is 35.5. The summed E-state index contributed by atoms with van der Waals surface area (Å²) in [5.74, 6) is 1.33. The van der Waals surface area contributed by atoms with Crippen molar-refractivity contribution in [2.45, 2.75) is 39.5 Å². The number of halogens is 2. The first kappa shape index (κ1) is 20.3. The van der Waals surface area contributed by atoms with E-state index in [0.717, 1.165) is 40.3 Å². The van der Waals surface area contributed by atoms with Crippen molar-refractivity contribution in [1.29, 1.82) is 0 Å². The second-order valence-corrected chi connectivity index (χ2v) is 9.77. The van der Waals surface area contributed by atoms with E-state index in [1.54, 1.807) is 12.3 Å². The highest BCUT2D eigenvalue weighted by Gasteiger charge is 2.43. The summed E-state index contributed by atoms with van der Waals surface area (Å²) in [6.45, 7) is 6.19. The number of carbonyl (C=O) groups excluding carboxylic acids is 1. The lowest BCUT2D eigenvalue weighted by atomic mass is 9.69. The summed E-state index contributed by atoms with van der Waals surface area (Å²) in [6.07, 6.45) is 2.99. The Morgan fingerprint density at radius 1 is 1.13 bits per heavy atom. The first-order valence-corrected chi connectivity index (χ1v) is 11.0. The van der Waals surface area contributed by atoms with Gasteiger partial charge in [-0.25, -0.2) is 4.98 Å². The zero-order valence-electron chi connectivity index (χ0n) is 17.5. The molecule has 2 aromatic heterocycles. The number of allylic oxidation sites excluding steroid dienone is 2. The quantitative estimate of drug-likeness (QED) is 0.511. The molecule has 158 valence electrons. The molecule has 31 heavy (non-hydrogen) atoms. The molecule has 1 N–H and O–H groups in total. The predicted molar refractivity (Wildman–Crippen MR) is 123 cm³/mol.